The van der Waals surface area contributed by atoms with Crippen molar-refractivity contribution in [1.82, 2.24) is 0 Å². The summed E-state index contributed by atoms with van der Waals surface area (Å²) in [7, 11) is 0. The minimum Gasteiger partial charge on any atom is -0.365 e. The summed E-state index contributed by atoms with van der Waals surface area (Å²) in [6.45, 7) is 0. The number of halogens is 2. The minimum absolute atomic E-state index is 0.0445. The molecule has 0 bridgehead atoms. The number of nitrogens with zero attached hydrogens (tertiary/aromatic N) is 1. The maximum Gasteiger partial charge on any atom is 0.285 e. The van der Waals surface area contributed by atoms with Crippen LogP contribution in [-0.2, 0) is 0 Å². The lowest BCUT2D eigenvalue weighted by Gasteiger charge is -2.00. The molecular formula is C7H4BrFN2O3. The van der Waals surface area contributed by atoms with E-state index in [-0.39, 0.29) is 10.0 Å². The topological polar surface area (TPSA) is 86.2 Å². The smallest absolute Gasteiger partial charge is 0.285 e. The molecule has 0 aromatic heterocycles. The maximum absolute atomic E-state index is 12.9. The molecule has 74 valence electrons. The molecule has 1 aromatic carbocycles. The van der Waals surface area contributed by atoms with Crippen molar-refractivity contribution in [2.75, 3.05) is 0 Å². The van der Waals surface area contributed by atoms with Crippen molar-refractivity contribution in [2.45, 2.75) is 0 Å². The third-order valence-corrected chi connectivity index (χ3v) is 2.11. The first-order valence-corrected chi connectivity index (χ1v) is 4.16. The lowest BCUT2D eigenvalue weighted by atomic mass is 10.1. The molecule has 0 heterocycles. The third kappa shape index (κ3) is 1.87. The highest BCUT2D eigenvalue weighted by Crippen LogP contribution is 2.25. The van der Waals surface area contributed by atoms with Crippen molar-refractivity contribution in [3.63, 3.8) is 0 Å². The van der Waals surface area contributed by atoms with Gasteiger partial charge in [-0.2, -0.15) is 0 Å². The largest absolute Gasteiger partial charge is 0.365 e. The van der Waals surface area contributed by atoms with Gasteiger partial charge in [0.1, 0.15) is 11.4 Å². The molecule has 0 saturated heterocycles. The predicted molar refractivity (Wildman–Crippen MR) is 49.3 cm³/mol. The second-order valence-corrected chi connectivity index (χ2v) is 3.26. The van der Waals surface area contributed by atoms with E-state index in [1.54, 1.807) is 0 Å². The molecule has 0 fully saturated rings. The molecule has 0 saturated carbocycles. The first-order chi connectivity index (χ1) is 6.43. The zero-order valence-electron chi connectivity index (χ0n) is 6.66. The molecule has 1 amide bonds. The van der Waals surface area contributed by atoms with Crippen molar-refractivity contribution >= 4 is 27.5 Å². The fraction of sp³-hybridized carbons (Fsp3) is 0. The molecule has 7 heteroatoms. The number of primary amides is 1. The number of nitrogens with two attached hydrogens (primary N) is 1. The number of carbonyl (C=O) groups is 1. The van der Waals surface area contributed by atoms with Crippen LogP contribution in [0.25, 0.3) is 0 Å². The van der Waals surface area contributed by atoms with E-state index in [1.807, 2.05) is 0 Å². The summed E-state index contributed by atoms with van der Waals surface area (Å²) in [6.07, 6.45) is 0. The quantitative estimate of drug-likeness (QED) is 0.649. The lowest BCUT2D eigenvalue weighted by molar-refractivity contribution is -0.385. The second kappa shape index (κ2) is 3.70. The zero-order valence-corrected chi connectivity index (χ0v) is 8.25. The molecule has 0 aliphatic carbocycles. The van der Waals surface area contributed by atoms with E-state index >= 15 is 0 Å². The highest BCUT2D eigenvalue weighted by molar-refractivity contribution is 9.10. The van der Waals surface area contributed by atoms with Crippen LogP contribution < -0.4 is 5.73 Å². The van der Waals surface area contributed by atoms with E-state index in [2.05, 4.69) is 15.9 Å². The summed E-state index contributed by atoms with van der Waals surface area (Å²) in [5, 5.41) is 10.4. The molecule has 0 aliphatic heterocycles. The van der Waals surface area contributed by atoms with Gasteiger partial charge in [-0.1, -0.05) is 0 Å². The maximum atomic E-state index is 12.9. The van der Waals surface area contributed by atoms with Gasteiger partial charge in [-0.25, -0.2) is 4.39 Å². The molecule has 0 radical (unpaired) electrons. The van der Waals surface area contributed by atoms with E-state index in [0.29, 0.717) is 6.07 Å². The fourth-order valence-electron chi connectivity index (χ4n) is 0.885. The normalized spacial score (nSPS) is 9.86. The highest BCUT2D eigenvalue weighted by Gasteiger charge is 2.20. The summed E-state index contributed by atoms with van der Waals surface area (Å²) in [5.41, 5.74) is 3.91. The number of nitro benzene ring substituents is 1. The van der Waals surface area contributed by atoms with Gasteiger partial charge in [-0.3, -0.25) is 14.9 Å². The second-order valence-electron chi connectivity index (χ2n) is 2.40. The minimum atomic E-state index is -0.975. The molecule has 5 nitrogen and oxygen atoms in total. The first kappa shape index (κ1) is 10.6. The van der Waals surface area contributed by atoms with Crippen LogP contribution in [0.1, 0.15) is 10.4 Å². The van der Waals surface area contributed by atoms with E-state index in [0.717, 1.165) is 6.07 Å². The van der Waals surface area contributed by atoms with Crippen LogP contribution in [-0.4, -0.2) is 10.8 Å². The summed E-state index contributed by atoms with van der Waals surface area (Å²) in [6, 6.07) is 1.62. The Morgan fingerprint density at radius 1 is 1.57 bits per heavy atom. The van der Waals surface area contributed by atoms with Gasteiger partial charge in [-0.15, -0.1) is 0 Å². The van der Waals surface area contributed by atoms with Gasteiger partial charge in [-0.05, 0) is 22.0 Å². The van der Waals surface area contributed by atoms with Crippen molar-refractivity contribution < 1.29 is 14.1 Å². The lowest BCUT2D eigenvalue weighted by Crippen LogP contribution is -2.13. The highest BCUT2D eigenvalue weighted by atomic mass is 79.9. The van der Waals surface area contributed by atoms with Crippen molar-refractivity contribution in [1.29, 1.82) is 0 Å². The number of rotatable bonds is 2. The SMILES string of the molecule is NC(=O)c1cc(Br)c(F)cc1[N+](=O)[O-]. The summed E-state index contributed by atoms with van der Waals surface area (Å²) in [4.78, 5) is 20.3. The summed E-state index contributed by atoms with van der Waals surface area (Å²) < 4.78 is 12.8. The predicted octanol–water partition coefficient (Wildman–Crippen LogP) is 1.60. The van der Waals surface area contributed by atoms with E-state index in [9.17, 15) is 19.3 Å². The van der Waals surface area contributed by atoms with Crippen LogP contribution >= 0.6 is 15.9 Å². The third-order valence-electron chi connectivity index (χ3n) is 1.50. The standard InChI is InChI=1S/C7H4BrFN2O3/c8-4-1-3(7(10)12)6(11(13)14)2-5(4)9/h1-2H,(H2,10,12). The number of hydrogen-bond donors (Lipinski definition) is 1. The fourth-order valence-corrected chi connectivity index (χ4v) is 1.23. The van der Waals surface area contributed by atoms with Crippen LogP contribution in [0.2, 0.25) is 0 Å². The van der Waals surface area contributed by atoms with Crippen molar-refractivity contribution in [3.05, 3.63) is 38.1 Å². The Kier molecular flexibility index (Phi) is 2.80. The summed E-state index contributed by atoms with van der Waals surface area (Å²) >= 11 is 2.79. The average Bonchev–Trinajstić information content (AvgIpc) is 2.08. The number of amides is 1. The monoisotopic (exact) mass is 262 g/mol. The van der Waals surface area contributed by atoms with Gasteiger partial charge in [0, 0.05) is 0 Å². The van der Waals surface area contributed by atoms with Crippen LogP contribution in [0.15, 0.2) is 16.6 Å². The van der Waals surface area contributed by atoms with Crippen LogP contribution in [0.5, 0.6) is 0 Å². The van der Waals surface area contributed by atoms with Gasteiger partial charge in [0.25, 0.3) is 11.6 Å². The van der Waals surface area contributed by atoms with Gasteiger partial charge in [0.05, 0.1) is 15.5 Å². The average molecular weight is 263 g/mol. The molecular weight excluding hydrogens is 259 g/mol. The van der Waals surface area contributed by atoms with E-state index < -0.39 is 22.3 Å². The first-order valence-electron chi connectivity index (χ1n) is 3.36. The molecule has 0 atom stereocenters. The van der Waals surface area contributed by atoms with Gasteiger partial charge in [0.2, 0.25) is 0 Å². The van der Waals surface area contributed by atoms with Crippen LogP contribution in [0.4, 0.5) is 10.1 Å². The van der Waals surface area contributed by atoms with E-state index in [4.69, 9.17) is 5.73 Å². The summed E-state index contributed by atoms with van der Waals surface area (Å²) in [5.74, 6) is -1.79. The Bertz CT molecular complexity index is 383. The molecule has 1 aromatic rings. The van der Waals surface area contributed by atoms with Gasteiger partial charge >= 0.3 is 0 Å². The molecule has 0 spiro atoms. The number of hydrogen-bond acceptors (Lipinski definition) is 3. The van der Waals surface area contributed by atoms with E-state index in [1.165, 1.54) is 0 Å². The number of benzene rings is 1. The van der Waals surface area contributed by atoms with Crippen molar-refractivity contribution in [3.8, 4) is 0 Å². The Hall–Kier alpha value is -1.50. The Labute approximate surface area is 86.0 Å². The van der Waals surface area contributed by atoms with Crippen molar-refractivity contribution in [2.24, 2.45) is 5.73 Å². The molecule has 0 aliphatic rings. The Morgan fingerprint density at radius 3 is 2.57 bits per heavy atom. The Balaban J connectivity index is 3.46. The van der Waals surface area contributed by atoms with Crippen LogP contribution in [0.3, 0.4) is 0 Å². The Morgan fingerprint density at radius 2 is 2.14 bits per heavy atom. The van der Waals surface area contributed by atoms with Crippen LogP contribution in [0, 0.1) is 15.9 Å². The zero-order chi connectivity index (χ0) is 10.9. The molecule has 1 rings (SSSR count). The number of nitro groups is 1. The molecule has 0 unspecified atom stereocenters. The molecule has 2 N–H and O–H groups in total. The van der Waals surface area contributed by atoms with Gasteiger partial charge in [0.15, 0.2) is 0 Å². The number of carbonyl (C=O) groups excluding carboxylic acids is 1. The van der Waals surface area contributed by atoms with Gasteiger partial charge < -0.3 is 5.73 Å². The molecule has 14 heavy (non-hydrogen) atoms.